The molecule has 1 saturated carbocycles. The number of aromatic hydroxyl groups is 2. The van der Waals surface area contributed by atoms with Gasteiger partial charge < -0.3 is 20.0 Å². The lowest BCUT2D eigenvalue weighted by atomic mass is 9.82. The number of likely N-dealkylation sites (N-methyl/N-ethyl adjacent to an activating group) is 1. The minimum atomic E-state index is -0.219. The fourth-order valence-electron chi connectivity index (χ4n) is 4.81. The number of phenolic OH excluding ortho intramolecular Hbond substituents is 1. The van der Waals surface area contributed by atoms with Crippen molar-refractivity contribution >= 4 is 16.6 Å². The molecule has 9 heteroatoms. The maximum atomic E-state index is 10.8. The molecule has 2 aromatic carbocycles. The Kier molecular flexibility index (Phi) is 4.72. The first-order valence-corrected chi connectivity index (χ1v) is 11.5. The number of piperazine rings is 1. The Morgan fingerprint density at radius 2 is 1.67 bits per heavy atom. The number of nitrogens with one attached hydrogen (secondary N) is 1. The van der Waals surface area contributed by atoms with Gasteiger partial charge in [0.2, 0.25) is 0 Å². The molecule has 2 aliphatic rings. The standard InChI is InChI=1S/C24H27N7O2/c1-29-9-11-30(12-10-29)16-5-7-17(8-6-16)31-23(27-28-24(31)33)19-13-18-20(14-21(19)32)25-26-22(18)15-3-2-4-15/h5-8,13-15,32H,2-4,9-12H2,1H3,(H,25,26)(H,28,33). The van der Waals surface area contributed by atoms with Crippen molar-refractivity contribution in [2.24, 2.45) is 0 Å². The van der Waals surface area contributed by atoms with Gasteiger partial charge in [-0.1, -0.05) is 11.5 Å². The van der Waals surface area contributed by atoms with Gasteiger partial charge in [-0.05, 0) is 50.2 Å². The summed E-state index contributed by atoms with van der Waals surface area (Å²) in [5.74, 6) is 0.901. The Morgan fingerprint density at radius 3 is 2.36 bits per heavy atom. The van der Waals surface area contributed by atoms with Gasteiger partial charge in [-0.15, -0.1) is 5.10 Å². The van der Waals surface area contributed by atoms with E-state index in [1.165, 1.54) is 6.42 Å². The van der Waals surface area contributed by atoms with Gasteiger partial charge in [-0.3, -0.25) is 5.10 Å². The van der Waals surface area contributed by atoms with Crippen molar-refractivity contribution in [2.45, 2.75) is 25.2 Å². The van der Waals surface area contributed by atoms with Crippen LogP contribution in [0.4, 0.5) is 5.69 Å². The Balaban J connectivity index is 1.38. The number of fused-ring (bicyclic) bond motifs is 1. The number of anilines is 1. The van der Waals surface area contributed by atoms with Crippen LogP contribution in [0, 0.1) is 0 Å². The second-order valence-electron chi connectivity index (χ2n) is 9.12. The van der Waals surface area contributed by atoms with E-state index in [4.69, 9.17) is 0 Å². The monoisotopic (exact) mass is 445 g/mol. The van der Waals surface area contributed by atoms with E-state index in [1.807, 2.05) is 18.2 Å². The lowest BCUT2D eigenvalue weighted by molar-refractivity contribution is 0.313. The number of H-pyrrole nitrogens is 1. The molecule has 33 heavy (non-hydrogen) atoms. The Morgan fingerprint density at radius 1 is 0.939 bits per heavy atom. The van der Waals surface area contributed by atoms with Crippen LogP contribution in [0.15, 0.2) is 36.4 Å². The third-order valence-electron chi connectivity index (χ3n) is 7.06. The molecule has 1 saturated heterocycles. The molecule has 1 aliphatic carbocycles. The van der Waals surface area contributed by atoms with Crippen LogP contribution in [-0.2, 0) is 0 Å². The number of rotatable bonds is 4. The fraction of sp³-hybridized carbons (Fsp3) is 0.375. The maximum Gasteiger partial charge on any atom is 0.319 e. The summed E-state index contributed by atoms with van der Waals surface area (Å²) < 4.78 is 1.57. The third kappa shape index (κ3) is 3.39. The van der Waals surface area contributed by atoms with Crippen LogP contribution in [0.3, 0.4) is 0 Å². The number of hydrogen-bond donors (Lipinski definition) is 3. The molecule has 0 spiro atoms. The van der Waals surface area contributed by atoms with Crippen molar-refractivity contribution in [3.8, 4) is 28.8 Å². The molecule has 0 amide bonds. The molecule has 0 unspecified atom stereocenters. The maximum absolute atomic E-state index is 10.8. The van der Waals surface area contributed by atoms with E-state index in [1.54, 1.807) is 10.6 Å². The molecular weight excluding hydrogens is 418 g/mol. The minimum absolute atomic E-state index is 0.0639. The zero-order valence-corrected chi connectivity index (χ0v) is 18.6. The molecule has 6 rings (SSSR count). The summed E-state index contributed by atoms with van der Waals surface area (Å²) in [5.41, 5.74) is 4.22. The van der Waals surface area contributed by atoms with Gasteiger partial charge in [0.1, 0.15) is 5.75 Å². The molecule has 0 bridgehead atoms. The molecule has 0 atom stereocenters. The van der Waals surface area contributed by atoms with Crippen molar-refractivity contribution in [3.05, 3.63) is 42.1 Å². The zero-order valence-electron chi connectivity index (χ0n) is 18.6. The van der Waals surface area contributed by atoms with Gasteiger partial charge in [0.05, 0.1) is 22.5 Å². The summed E-state index contributed by atoms with van der Waals surface area (Å²) in [6, 6.07) is 11.4. The average Bonchev–Trinajstić information content (AvgIpc) is 3.36. The molecule has 0 radical (unpaired) electrons. The predicted molar refractivity (Wildman–Crippen MR) is 126 cm³/mol. The van der Waals surface area contributed by atoms with E-state index in [2.05, 4.69) is 49.4 Å². The number of aromatic amines is 1. The van der Waals surface area contributed by atoms with Crippen LogP contribution in [0.1, 0.15) is 30.9 Å². The van der Waals surface area contributed by atoms with Crippen LogP contribution in [0.2, 0.25) is 0 Å². The summed E-state index contributed by atoms with van der Waals surface area (Å²) in [5, 5.41) is 37.9. The highest BCUT2D eigenvalue weighted by molar-refractivity contribution is 5.89. The molecular formula is C24H27N7O2. The molecule has 3 heterocycles. The first-order chi connectivity index (χ1) is 16.1. The zero-order chi connectivity index (χ0) is 22.5. The minimum Gasteiger partial charge on any atom is -0.507 e. The Hall–Kier alpha value is -3.59. The van der Waals surface area contributed by atoms with Crippen molar-refractivity contribution in [1.29, 1.82) is 0 Å². The van der Waals surface area contributed by atoms with Crippen LogP contribution < -0.4 is 4.90 Å². The first kappa shape index (κ1) is 20.0. The fourth-order valence-corrected chi connectivity index (χ4v) is 4.81. The van der Waals surface area contributed by atoms with Crippen molar-refractivity contribution in [2.75, 3.05) is 38.1 Å². The van der Waals surface area contributed by atoms with Gasteiger partial charge in [0, 0.05) is 49.2 Å². The van der Waals surface area contributed by atoms with E-state index in [0.29, 0.717) is 17.3 Å². The van der Waals surface area contributed by atoms with E-state index >= 15 is 0 Å². The summed E-state index contributed by atoms with van der Waals surface area (Å²) in [6.07, 6.45) is 3.48. The van der Waals surface area contributed by atoms with Gasteiger partial charge >= 0.3 is 6.01 Å². The van der Waals surface area contributed by atoms with Crippen molar-refractivity contribution in [3.63, 3.8) is 0 Å². The van der Waals surface area contributed by atoms with Crippen LogP contribution in [0.5, 0.6) is 11.8 Å². The number of nitrogens with zero attached hydrogens (tertiary/aromatic N) is 6. The van der Waals surface area contributed by atoms with E-state index < -0.39 is 0 Å². The number of benzene rings is 2. The van der Waals surface area contributed by atoms with Crippen LogP contribution in [-0.4, -0.2) is 73.3 Å². The summed E-state index contributed by atoms with van der Waals surface area (Å²) in [6.45, 7) is 4.05. The van der Waals surface area contributed by atoms with E-state index in [9.17, 15) is 10.2 Å². The van der Waals surface area contributed by atoms with Crippen LogP contribution >= 0.6 is 0 Å². The molecule has 2 aromatic heterocycles. The molecule has 2 fully saturated rings. The second kappa shape index (κ2) is 7.77. The van der Waals surface area contributed by atoms with Crippen LogP contribution in [0.25, 0.3) is 28.0 Å². The first-order valence-electron chi connectivity index (χ1n) is 11.5. The Bertz CT molecular complexity index is 1300. The number of aromatic nitrogens is 5. The molecule has 170 valence electrons. The molecule has 4 aromatic rings. The lowest BCUT2D eigenvalue weighted by Gasteiger charge is -2.34. The Labute approximate surface area is 191 Å². The largest absolute Gasteiger partial charge is 0.507 e. The van der Waals surface area contributed by atoms with Crippen molar-refractivity contribution < 1.29 is 10.2 Å². The highest BCUT2D eigenvalue weighted by atomic mass is 16.3. The summed E-state index contributed by atoms with van der Waals surface area (Å²) >= 11 is 0. The molecule has 9 nitrogen and oxygen atoms in total. The molecule has 1 aliphatic heterocycles. The highest BCUT2D eigenvalue weighted by Crippen LogP contribution is 2.41. The topological polar surface area (TPSA) is 106 Å². The number of phenols is 1. The lowest BCUT2D eigenvalue weighted by Crippen LogP contribution is -2.44. The predicted octanol–water partition coefficient (Wildman–Crippen LogP) is 3.24. The second-order valence-corrected chi connectivity index (χ2v) is 9.12. The summed E-state index contributed by atoms with van der Waals surface area (Å²) in [7, 11) is 2.14. The quantitative estimate of drug-likeness (QED) is 0.443. The van der Waals surface area contributed by atoms with E-state index in [-0.39, 0.29) is 11.8 Å². The SMILES string of the molecule is CN1CCN(c2ccc(-n3c(O)nnc3-c3cc4c(C5CCC5)n[nH]c4cc3O)cc2)CC1. The number of hydrogen-bond acceptors (Lipinski definition) is 7. The van der Waals surface area contributed by atoms with Gasteiger partial charge in [-0.25, -0.2) is 4.57 Å². The average molecular weight is 446 g/mol. The van der Waals surface area contributed by atoms with Gasteiger partial charge in [-0.2, -0.15) is 5.10 Å². The highest BCUT2D eigenvalue weighted by Gasteiger charge is 2.26. The molecule has 3 N–H and O–H groups in total. The summed E-state index contributed by atoms with van der Waals surface area (Å²) in [4.78, 5) is 4.68. The third-order valence-corrected chi connectivity index (χ3v) is 7.06. The van der Waals surface area contributed by atoms with Gasteiger partial charge in [0.15, 0.2) is 5.82 Å². The van der Waals surface area contributed by atoms with Crippen molar-refractivity contribution in [1.82, 2.24) is 29.9 Å². The smallest absolute Gasteiger partial charge is 0.319 e. The van der Waals surface area contributed by atoms with E-state index in [0.717, 1.165) is 67.0 Å². The van der Waals surface area contributed by atoms with Gasteiger partial charge in [0.25, 0.3) is 0 Å². The normalized spacial score (nSPS) is 17.5.